The van der Waals surface area contributed by atoms with E-state index in [1.165, 1.54) is 11.1 Å². The predicted molar refractivity (Wildman–Crippen MR) is 74.7 cm³/mol. The van der Waals surface area contributed by atoms with Crippen LogP contribution in [0.5, 0.6) is 5.75 Å². The van der Waals surface area contributed by atoms with Gasteiger partial charge in [-0.05, 0) is 29.0 Å². The van der Waals surface area contributed by atoms with E-state index in [0.29, 0.717) is 6.61 Å². The maximum atomic E-state index is 5.71. The van der Waals surface area contributed by atoms with Crippen molar-refractivity contribution in [2.45, 2.75) is 32.6 Å². The van der Waals surface area contributed by atoms with Crippen LogP contribution >= 0.6 is 0 Å². The summed E-state index contributed by atoms with van der Waals surface area (Å²) in [5.74, 6) is 0.942. The van der Waals surface area contributed by atoms with Gasteiger partial charge in [0.1, 0.15) is 12.4 Å². The molecule has 1 nitrogen and oxygen atoms in total. The van der Waals surface area contributed by atoms with E-state index < -0.39 is 0 Å². The summed E-state index contributed by atoms with van der Waals surface area (Å²) in [5, 5.41) is 0. The lowest BCUT2D eigenvalue weighted by Crippen LogP contribution is -2.11. The molecule has 0 radical (unpaired) electrons. The molecule has 1 aromatic rings. The first-order chi connectivity index (χ1) is 7.99. The normalized spacial score (nSPS) is 11.0. The average Bonchev–Trinajstić information content (AvgIpc) is 2.26. The third kappa shape index (κ3) is 3.77. The zero-order valence-corrected chi connectivity index (χ0v) is 11.1. The molecule has 0 saturated carbocycles. The maximum Gasteiger partial charge on any atom is 0.123 e. The molecule has 0 saturated heterocycles. The smallest absolute Gasteiger partial charge is 0.123 e. The first kappa shape index (κ1) is 13.6. The molecule has 0 spiro atoms. The van der Waals surface area contributed by atoms with Gasteiger partial charge in [-0.15, -0.1) is 6.58 Å². The van der Waals surface area contributed by atoms with Crippen LogP contribution in [-0.4, -0.2) is 6.61 Å². The standard InChI is InChI=1S/C16H22O/c1-6-8-13-9-10-14(16(3,4)5)12-15(13)17-11-7-2/h6-7,9-10,12H,1-2,8,11H2,3-5H3. The minimum atomic E-state index is 0.138. The third-order valence-corrected chi connectivity index (χ3v) is 2.65. The van der Waals surface area contributed by atoms with E-state index in [9.17, 15) is 0 Å². The van der Waals surface area contributed by atoms with Crippen molar-refractivity contribution < 1.29 is 4.74 Å². The molecule has 0 fully saturated rings. The number of hydrogen-bond acceptors (Lipinski definition) is 1. The Morgan fingerprint density at radius 1 is 1.18 bits per heavy atom. The van der Waals surface area contributed by atoms with Gasteiger partial charge in [0.2, 0.25) is 0 Å². The largest absolute Gasteiger partial charge is 0.489 e. The van der Waals surface area contributed by atoms with Crippen molar-refractivity contribution in [1.82, 2.24) is 0 Å². The first-order valence-corrected chi connectivity index (χ1v) is 5.97. The van der Waals surface area contributed by atoms with Gasteiger partial charge in [-0.2, -0.15) is 0 Å². The molecule has 0 atom stereocenters. The van der Waals surface area contributed by atoms with Crippen LogP contribution in [0.2, 0.25) is 0 Å². The van der Waals surface area contributed by atoms with Crippen molar-refractivity contribution in [2.75, 3.05) is 6.61 Å². The second kappa shape index (κ2) is 5.72. The summed E-state index contributed by atoms with van der Waals surface area (Å²) >= 11 is 0. The Labute approximate surface area is 105 Å². The maximum absolute atomic E-state index is 5.71. The van der Waals surface area contributed by atoms with E-state index in [-0.39, 0.29) is 5.41 Å². The van der Waals surface area contributed by atoms with Crippen LogP contribution in [0.4, 0.5) is 0 Å². The zero-order chi connectivity index (χ0) is 12.9. The summed E-state index contributed by atoms with van der Waals surface area (Å²) < 4.78 is 5.71. The number of benzene rings is 1. The summed E-state index contributed by atoms with van der Waals surface area (Å²) in [6, 6.07) is 6.42. The Morgan fingerprint density at radius 2 is 1.88 bits per heavy atom. The van der Waals surface area contributed by atoms with Crippen LogP contribution < -0.4 is 4.74 Å². The molecular weight excluding hydrogens is 208 g/mol. The first-order valence-electron chi connectivity index (χ1n) is 5.97. The number of rotatable bonds is 5. The van der Waals surface area contributed by atoms with Crippen LogP contribution in [0.15, 0.2) is 43.5 Å². The molecular formula is C16H22O. The summed E-state index contributed by atoms with van der Waals surface area (Å²) in [6.45, 7) is 14.6. The Morgan fingerprint density at radius 3 is 2.41 bits per heavy atom. The molecule has 0 aromatic heterocycles. The van der Waals surface area contributed by atoms with E-state index >= 15 is 0 Å². The molecule has 1 aromatic carbocycles. The van der Waals surface area contributed by atoms with Gasteiger partial charge in [-0.3, -0.25) is 0 Å². The van der Waals surface area contributed by atoms with Crippen molar-refractivity contribution in [1.29, 1.82) is 0 Å². The Bertz CT molecular complexity index is 396. The predicted octanol–water partition coefficient (Wildman–Crippen LogP) is 4.28. The Hall–Kier alpha value is -1.50. The van der Waals surface area contributed by atoms with Gasteiger partial charge in [0.15, 0.2) is 0 Å². The molecule has 1 heteroatoms. The van der Waals surface area contributed by atoms with Gasteiger partial charge in [-0.25, -0.2) is 0 Å². The summed E-state index contributed by atoms with van der Waals surface area (Å²) in [4.78, 5) is 0. The molecule has 0 aliphatic heterocycles. The lowest BCUT2D eigenvalue weighted by molar-refractivity contribution is 0.358. The number of ether oxygens (including phenoxy) is 1. The van der Waals surface area contributed by atoms with E-state index in [2.05, 4.69) is 52.1 Å². The van der Waals surface area contributed by atoms with Gasteiger partial charge < -0.3 is 4.74 Å². The van der Waals surface area contributed by atoms with Crippen LogP contribution in [-0.2, 0) is 11.8 Å². The lowest BCUT2D eigenvalue weighted by atomic mass is 9.86. The van der Waals surface area contributed by atoms with Crippen molar-refractivity contribution in [3.63, 3.8) is 0 Å². The summed E-state index contributed by atoms with van der Waals surface area (Å²) in [7, 11) is 0. The molecule has 0 bridgehead atoms. The quantitative estimate of drug-likeness (QED) is 0.686. The molecule has 0 heterocycles. The van der Waals surface area contributed by atoms with E-state index in [0.717, 1.165) is 12.2 Å². The van der Waals surface area contributed by atoms with Crippen molar-refractivity contribution in [3.8, 4) is 5.75 Å². The van der Waals surface area contributed by atoms with E-state index in [1.807, 2.05) is 6.08 Å². The minimum Gasteiger partial charge on any atom is -0.489 e. The highest BCUT2D eigenvalue weighted by molar-refractivity contribution is 5.41. The highest BCUT2D eigenvalue weighted by atomic mass is 16.5. The highest BCUT2D eigenvalue weighted by Crippen LogP contribution is 2.29. The van der Waals surface area contributed by atoms with Crippen LogP contribution in [0.1, 0.15) is 31.9 Å². The fourth-order valence-electron chi connectivity index (χ4n) is 1.63. The summed E-state index contributed by atoms with van der Waals surface area (Å²) in [6.07, 6.45) is 4.49. The van der Waals surface area contributed by atoms with Gasteiger partial charge in [0.05, 0.1) is 0 Å². The fourth-order valence-corrected chi connectivity index (χ4v) is 1.63. The van der Waals surface area contributed by atoms with E-state index in [1.54, 1.807) is 6.08 Å². The second-order valence-electron chi connectivity index (χ2n) is 5.16. The molecule has 0 amide bonds. The molecule has 1 rings (SSSR count). The SMILES string of the molecule is C=CCOc1cc(C(C)(C)C)ccc1CC=C. The molecule has 0 aliphatic rings. The second-order valence-corrected chi connectivity index (χ2v) is 5.16. The highest BCUT2D eigenvalue weighted by Gasteiger charge is 2.15. The topological polar surface area (TPSA) is 9.23 Å². The van der Waals surface area contributed by atoms with Crippen LogP contribution in [0.25, 0.3) is 0 Å². The van der Waals surface area contributed by atoms with Gasteiger partial charge in [0, 0.05) is 0 Å². The minimum absolute atomic E-state index is 0.138. The third-order valence-electron chi connectivity index (χ3n) is 2.65. The molecule has 0 N–H and O–H groups in total. The number of allylic oxidation sites excluding steroid dienone is 1. The van der Waals surface area contributed by atoms with Crippen molar-refractivity contribution in [2.24, 2.45) is 0 Å². The Kier molecular flexibility index (Phi) is 4.56. The monoisotopic (exact) mass is 230 g/mol. The van der Waals surface area contributed by atoms with E-state index in [4.69, 9.17) is 4.74 Å². The number of hydrogen-bond donors (Lipinski definition) is 0. The van der Waals surface area contributed by atoms with Gasteiger partial charge in [-0.1, -0.05) is 51.6 Å². The molecule has 92 valence electrons. The molecule has 17 heavy (non-hydrogen) atoms. The van der Waals surface area contributed by atoms with Gasteiger partial charge >= 0.3 is 0 Å². The van der Waals surface area contributed by atoms with Crippen molar-refractivity contribution >= 4 is 0 Å². The fraction of sp³-hybridized carbons (Fsp3) is 0.375. The van der Waals surface area contributed by atoms with Crippen molar-refractivity contribution in [3.05, 3.63) is 54.6 Å². The molecule has 0 aliphatic carbocycles. The van der Waals surface area contributed by atoms with Crippen LogP contribution in [0.3, 0.4) is 0 Å². The lowest BCUT2D eigenvalue weighted by Gasteiger charge is -2.21. The Balaban J connectivity index is 3.08. The van der Waals surface area contributed by atoms with Gasteiger partial charge in [0.25, 0.3) is 0 Å². The molecule has 0 unspecified atom stereocenters. The summed E-state index contributed by atoms with van der Waals surface area (Å²) in [5.41, 5.74) is 2.60. The van der Waals surface area contributed by atoms with Crippen LogP contribution in [0, 0.1) is 0 Å². The zero-order valence-electron chi connectivity index (χ0n) is 11.1. The average molecular weight is 230 g/mol.